The first-order valence-electron chi connectivity index (χ1n) is 14.1. The molecule has 4 N–H and O–H groups in total. The van der Waals surface area contributed by atoms with Gasteiger partial charge in [-0.15, -0.1) is 5.10 Å². The van der Waals surface area contributed by atoms with Crippen molar-refractivity contribution < 1.29 is 23.9 Å². The molecule has 15 nitrogen and oxygen atoms in total. The van der Waals surface area contributed by atoms with Gasteiger partial charge in [-0.05, 0) is 65.7 Å². The van der Waals surface area contributed by atoms with E-state index in [1.807, 2.05) is 0 Å². The first-order valence-corrected chi connectivity index (χ1v) is 14.5. The lowest BCUT2D eigenvalue weighted by Crippen LogP contribution is -2.31. The number of H-pyrrole nitrogens is 1. The van der Waals surface area contributed by atoms with Crippen molar-refractivity contribution in [2.45, 2.75) is 37.8 Å². The average Bonchev–Trinajstić information content (AvgIpc) is 3.75. The molecular formula is C30H29ClN10O5. The van der Waals surface area contributed by atoms with Gasteiger partial charge in [-0.25, -0.2) is 14.6 Å². The zero-order chi connectivity index (χ0) is 32.6. The zero-order valence-corrected chi connectivity index (χ0v) is 25.5. The minimum atomic E-state index is -0.729. The number of carbonyl (C=O) groups excluding carboxylic acids is 3. The van der Waals surface area contributed by atoms with Crippen LogP contribution in [0.1, 0.15) is 48.8 Å². The molecule has 46 heavy (non-hydrogen) atoms. The molecule has 0 saturated heterocycles. The molecule has 4 aromatic rings. The van der Waals surface area contributed by atoms with Crippen LogP contribution in [0.5, 0.6) is 0 Å². The van der Waals surface area contributed by atoms with E-state index in [1.165, 1.54) is 31.3 Å². The van der Waals surface area contributed by atoms with Gasteiger partial charge in [-0.3, -0.25) is 10.1 Å². The Balaban J connectivity index is 1.48. The molecule has 1 aliphatic rings. The number of benzene rings is 2. The second-order valence-electron chi connectivity index (χ2n) is 10.2. The molecule has 2 aromatic carbocycles. The van der Waals surface area contributed by atoms with Crippen molar-refractivity contribution in [2.75, 3.05) is 24.9 Å². The maximum absolute atomic E-state index is 13.2. The number of halogens is 1. The highest BCUT2D eigenvalue weighted by molar-refractivity contribution is 6.30. The minimum Gasteiger partial charge on any atom is -0.467 e. The van der Waals surface area contributed by atoms with Crippen LogP contribution >= 0.6 is 11.6 Å². The van der Waals surface area contributed by atoms with E-state index < -0.39 is 30.1 Å². The molecular weight excluding hydrogens is 616 g/mol. The van der Waals surface area contributed by atoms with E-state index in [0.29, 0.717) is 70.4 Å². The maximum atomic E-state index is 13.2. The normalized spacial score (nSPS) is 16.1. The molecule has 2 bridgehead atoms. The fraction of sp³-hybridized carbons (Fsp3) is 0.267. The predicted octanol–water partition coefficient (Wildman–Crippen LogP) is 4.15. The van der Waals surface area contributed by atoms with Crippen LogP contribution in [0.2, 0.25) is 5.02 Å². The Morgan fingerprint density at radius 1 is 1.13 bits per heavy atom. The molecule has 2 atom stereocenters. The topological polar surface area (TPSA) is 202 Å². The van der Waals surface area contributed by atoms with Crippen molar-refractivity contribution in [3.05, 3.63) is 70.9 Å². The van der Waals surface area contributed by atoms with E-state index in [1.54, 1.807) is 42.5 Å². The number of hydrogen-bond acceptors (Lipinski definition) is 11. The van der Waals surface area contributed by atoms with E-state index in [2.05, 4.69) is 47.5 Å². The molecule has 2 unspecified atom stereocenters. The zero-order valence-electron chi connectivity index (χ0n) is 24.8. The summed E-state index contributed by atoms with van der Waals surface area (Å²) >= 11 is 6.21. The summed E-state index contributed by atoms with van der Waals surface area (Å²) in [4.78, 5) is 45.6. The fourth-order valence-electron chi connectivity index (χ4n) is 5.04. The number of esters is 1. The van der Waals surface area contributed by atoms with Crippen LogP contribution in [0, 0.1) is 11.3 Å². The second kappa shape index (κ2) is 14.4. The van der Waals surface area contributed by atoms with E-state index >= 15 is 0 Å². The van der Waals surface area contributed by atoms with Gasteiger partial charge in [0.05, 0.1) is 31.6 Å². The van der Waals surface area contributed by atoms with Gasteiger partial charge < -0.3 is 25.1 Å². The number of imidazole rings is 1. The van der Waals surface area contributed by atoms with Crippen LogP contribution in [0.4, 0.5) is 16.2 Å². The second-order valence-corrected chi connectivity index (χ2v) is 10.6. The number of methoxy groups -OCH3 is 2. The third kappa shape index (κ3) is 7.30. The summed E-state index contributed by atoms with van der Waals surface area (Å²) in [5.74, 6) is -0.500. The van der Waals surface area contributed by atoms with Gasteiger partial charge in [0.2, 0.25) is 5.91 Å². The molecule has 0 aliphatic carbocycles. The molecule has 1 aliphatic heterocycles. The number of nitrogens with zero attached hydrogens (tertiary/aromatic N) is 6. The van der Waals surface area contributed by atoms with Crippen LogP contribution in [-0.4, -0.2) is 68.4 Å². The monoisotopic (exact) mass is 644 g/mol. The Kier molecular flexibility index (Phi) is 9.88. The Bertz CT molecular complexity index is 1810. The molecule has 0 saturated carbocycles. The van der Waals surface area contributed by atoms with Gasteiger partial charge in [0.1, 0.15) is 24.3 Å². The van der Waals surface area contributed by atoms with E-state index in [-0.39, 0.29) is 5.69 Å². The highest BCUT2D eigenvalue weighted by Gasteiger charge is 2.26. The SMILES string of the molecule is COC(=O)Nc1ccc2c(c1)NC(C(=O)OC)CCCCC(NC(=O)/C=C/c1cc(Cl)ccc1-n1cnnn1)c1nc(C#N)c-2[nH]1. The summed E-state index contributed by atoms with van der Waals surface area (Å²) in [7, 11) is 2.55. The molecule has 2 aromatic heterocycles. The standard InChI is InChI=1S/C30H29ClN10O5/c1-45-29(43)22-6-4-3-5-21(36-26(42)12-7-17-13-18(31)8-11-25(17)41-16-33-39-40-41)28-37-24(15-32)27(38-28)20-10-9-19(14-23(20)35-22)34-30(44)46-2/h7-14,16,21-22,35H,3-6H2,1-2H3,(H,34,44)(H,36,42)(H,37,38)/b12-7+. The summed E-state index contributed by atoms with van der Waals surface area (Å²) in [6.45, 7) is 0. The van der Waals surface area contributed by atoms with Gasteiger partial charge in [-0.2, -0.15) is 9.94 Å². The third-order valence-electron chi connectivity index (χ3n) is 7.25. The first-order chi connectivity index (χ1) is 22.3. The lowest BCUT2D eigenvalue weighted by molar-refractivity contribution is -0.141. The number of rotatable bonds is 6. The number of ether oxygens (including phenoxy) is 2. The largest absolute Gasteiger partial charge is 0.467 e. The van der Waals surface area contributed by atoms with Gasteiger partial charge in [0.15, 0.2) is 5.69 Å². The summed E-state index contributed by atoms with van der Waals surface area (Å²) < 4.78 is 11.2. The number of aromatic nitrogens is 6. The number of nitrogens with one attached hydrogen (secondary N) is 4. The minimum absolute atomic E-state index is 0.0837. The number of amides is 2. The summed E-state index contributed by atoms with van der Waals surface area (Å²) in [5, 5.41) is 30.5. The van der Waals surface area contributed by atoms with Gasteiger partial charge >= 0.3 is 12.1 Å². The van der Waals surface area contributed by atoms with Crippen LogP contribution in [0.25, 0.3) is 23.0 Å². The summed E-state index contributed by atoms with van der Waals surface area (Å²) in [6, 6.07) is 10.8. The molecule has 2 amide bonds. The van der Waals surface area contributed by atoms with Gasteiger partial charge in [0.25, 0.3) is 0 Å². The fourth-order valence-corrected chi connectivity index (χ4v) is 5.22. The quantitative estimate of drug-likeness (QED) is 0.173. The van der Waals surface area contributed by atoms with Crippen molar-refractivity contribution in [1.29, 1.82) is 5.26 Å². The number of fused-ring (bicyclic) bond motifs is 4. The third-order valence-corrected chi connectivity index (χ3v) is 7.48. The lowest BCUT2D eigenvalue weighted by Gasteiger charge is -2.22. The van der Waals surface area contributed by atoms with Gasteiger partial charge in [-0.1, -0.05) is 24.4 Å². The Labute approximate surface area is 267 Å². The van der Waals surface area contributed by atoms with Crippen molar-refractivity contribution in [1.82, 2.24) is 35.5 Å². The van der Waals surface area contributed by atoms with Crippen molar-refractivity contribution in [3.8, 4) is 23.0 Å². The van der Waals surface area contributed by atoms with Gasteiger partial charge in [0, 0.05) is 33.6 Å². The Morgan fingerprint density at radius 2 is 1.96 bits per heavy atom. The maximum Gasteiger partial charge on any atom is 0.411 e. The summed E-state index contributed by atoms with van der Waals surface area (Å²) in [5.41, 5.74) is 3.04. The molecule has 236 valence electrons. The van der Waals surface area contributed by atoms with Crippen molar-refractivity contribution in [2.24, 2.45) is 0 Å². The number of aromatic amines is 1. The predicted molar refractivity (Wildman–Crippen MR) is 167 cm³/mol. The number of nitriles is 1. The number of hydrogen-bond donors (Lipinski definition) is 4. The molecule has 3 heterocycles. The van der Waals surface area contributed by atoms with Crippen LogP contribution in [0.3, 0.4) is 0 Å². The first kappa shape index (κ1) is 31.7. The summed E-state index contributed by atoms with van der Waals surface area (Å²) in [6.07, 6.45) is 5.82. The van der Waals surface area contributed by atoms with Crippen LogP contribution in [0.15, 0.2) is 48.8 Å². The molecule has 5 rings (SSSR count). The van der Waals surface area contributed by atoms with E-state index in [9.17, 15) is 19.6 Å². The molecule has 0 radical (unpaired) electrons. The lowest BCUT2D eigenvalue weighted by atomic mass is 10.0. The highest BCUT2D eigenvalue weighted by atomic mass is 35.5. The number of tetrazole rings is 1. The molecule has 0 spiro atoms. The van der Waals surface area contributed by atoms with E-state index in [0.717, 1.165) is 0 Å². The number of anilines is 2. The van der Waals surface area contributed by atoms with Crippen LogP contribution < -0.4 is 16.0 Å². The average molecular weight is 645 g/mol. The Morgan fingerprint density at radius 3 is 2.70 bits per heavy atom. The van der Waals surface area contributed by atoms with Crippen molar-refractivity contribution in [3.63, 3.8) is 0 Å². The van der Waals surface area contributed by atoms with Crippen LogP contribution in [-0.2, 0) is 19.1 Å². The number of carbonyl (C=O) groups is 3. The molecule has 16 heteroatoms. The van der Waals surface area contributed by atoms with Crippen molar-refractivity contribution >= 4 is 47.0 Å². The Hall–Kier alpha value is -5.75. The highest BCUT2D eigenvalue weighted by Crippen LogP contribution is 2.35. The molecule has 0 fully saturated rings. The smallest absolute Gasteiger partial charge is 0.411 e. The van der Waals surface area contributed by atoms with E-state index in [4.69, 9.17) is 21.1 Å².